The molecule has 108 valence electrons. The first kappa shape index (κ1) is 13.6. The van der Waals surface area contributed by atoms with Crippen molar-refractivity contribution in [3.05, 3.63) is 54.3 Å². The van der Waals surface area contributed by atoms with Gasteiger partial charge in [0.2, 0.25) is 5.91 Å². The predicted octanol–water partition coefficient (Wildman–Crippen LogP) is 4.31. The van der Waals surface area contributed by atoms with E-state index in [9.17, 15) is 9.18 Å². The van der Waals surface area contributed by atoms with Crippen LogP contribution in [0.2, 0.25) is 0 Å². The number of anilines is 3. The zero-order valence-electron chi connectivity index (χ0n) is 11.6. The lowest BCUT2D eigenvalue weighted by atomic mass is 9.85. The highest BCUT2D eigenvalue weighted by Crippen LogP contribution is 2.28. The van der Waals surface area contributed by atoms with E-state index < -0.39 is 0 Å². The van der Waals surface area contributed by atoms with Crippen LogP contribution in [0.25, 0.3) is 0 Å². The van der Waals surface area contributed by atoms with Gasteiger partial charge in [-0.25, -0.2) is 4.39 Å². The average molecular weight is 284 g/mol. The lowest BCUT2D eigenvalue weighted by molar-refractivity contribution is -0.122. The first-order valence-corrected chi connectivity index (χ1v) is 7.14. The van der Waals surface area contributed by atoms with E-state index in [1.807, 2.05) is 24.3 Å². The molecule has 1 aliphatic carbocycles. The fourth-order valence-corrected chi connectivity index (χ4v) is 2.28. The number of hydrogen-bond acceptors (Lipinski definition) is 2. The molecule has 0 aliphatic heterocycles. The first-order valence-electron chi connectivity index (χ1n) is 7.14. The third-order valence-electron chi connectivity index (χ3n) is 3.74. The Morgan fingerprint density at radius 1 is 1.00 bits per heavy atom. The van der Waals surface area contributed by atoms with Crippen LogP contribution in [0.3, 0.4) is 0 Å². The maximum Gasteiger partial charge on any atom is 0.227 e. The number of rotatable bonds is 4. The normalized spacial score (nSPS) is 14.3. The van der Waals surface area contributed by atoms with E-state index in [0.29, 0.717) is 5.69 Å². The van der Waals surface area contributed by atoms with Crippen LogP contribution in [-0.2, 0) is 4.79 Å². The first-order chi connectivity index (χ1) is 10.2. The van der Waals surface area contributed by atoms with E-state index in [0.717, 1.165) is 30.6 Å². The summed E-state index contributed by atoms with van der Waals surface area (Å²) in [6, 6.07) is 13.7. The van der Waals surface area contributed by atoms with E-state index in [2.05, 4.69) is 10.6 Å². The van der Waals surface area contributed by atoms with E-state index in [1.54, 1.807) is 12.1 Å². The summed E-state index contributed by atoms with van der Waals surface area (Å²) in [4.78, 5) is 11.8. The molecule has 0 radical (unpaired) electrons. The molecule has 1 aliphatic rings. The molecule has 3 nitrogen and oxygen atoms in total. The van der Waals surface area contributed by atoms with Gasteiger partial charge in [-0.3, -0.25) is 4.79 Å². The van der Waals surface area contributed by atoms with Crippen LogP contribution in [0.1, 0.15) is 19.3 Å². The largest absolute Gasteiger partial charge is 0.355 e. The second kappa shape index (κ2) is 5.95. The van der Waals surface area contributed by atoms with Crippen molar-refractivity contribution in [3.63, 3.8) is 0 Å². The van der Waals surface area contributed by atoms with Gasteiger partial charge in [-0.1, -0.05) is 12.5 Å². The summed E-state index contributed by atoms with van der Waals surface area (Å²) in [5.41, 5.74) is 2.33. The standard InChI is InChI=1S/C17H17FN2O/c18-13-5-2-6-16(11-13)19-14-7-9-15(10-8-14)20-17(21)12-3-1-4-12/h2,5-12,19H,1,3-4H2,(H,20,21). The Bertz CT molecular complexity index is 635. The van der Waals surface area contributed by atoms with Gasteiger partial charge in [0.15, 0.2) is 0 Å². The Morgan fingerprint density at radius 2 is 1.71 bits per heavy atom. The Labute approximate surface area is 123 Å². The number of hydrogen-bond donors (Lipinski definition) is 2. The second-order valence-electron chi connectivity index (χ2n) is 5.33. The average Bonchev–Trinajstić information content (AvgIpc) is 2.39. The third-order valence-corrected chi connectivity index (χ3v) is 3.74. The van der Waals surface area contributed by atoms with E-state index in [-0.39, 0.29) is 17.6 Å². The van der Waals surface area contributed by atoms with Gasteiger partial charge in [-0.15, -0.1) is 0 Å². The molecule has 2 aromatic carbocycles. The fourth-order valence-electron chi connectivity index (χ4n) is 2.28. The summed E-state index contributed by atoms with van der Waals surface area (Å²) >= 11 is 0. The quantitative estimate of drug-likeness (QED) is 0.878. The molecule has 21 heavy (non-hydrogen) atoms. The van der Waals surface area contributed by atoms with E-state index >= 15 is 0 Å². The second-order valence-corrected chi connectivity index (χ2v) is 5.33. The smallest absolute Gasteiger partial charge is 0.227 e. The summed E-state index contributed by atoms with van der Waals surface area (Å²) in [6.45, 7) is 0. The summed E-state index contributed by atoms with van der Waals surface area (Å²) in [5.74, 6) is 0.00608. The van der Waals surface area contributed by atoms with Crippen molar-refractivity contribution in [1.29, 1.82) is 0 Å². The minimum atomic E-state index is -0.274. The molecule has 1 saturated carbocycles. The molecule has 0 saturated heterocycles. The summed E-state index contributed by atoms with van der Waals surface area (Å²) in [6.07, 6.45) is 3.13. The van der Waals surface area contributed by atoms with Crippen molar-refractivity contribution in [3.8, 4) is 0 Å². The molecule has 4 heteroatoms. The van der Waals surface area contributed by atoms with Gasteiger partial charge in [0.25, 0.3) is 0 Å². The lowest BCUT2D eigenvalue weighted by Gasteiger charge is -2.24. The monoisotopic (exact) mass is 284 g/mol. The van der Waals surface area contributed by atoms with Crippen LogP contribution in [-0.4, -0.2) is 5.91 Å². The van der Waals surface area contributed by atoms with Crippen molar-refractivity contribution in [2.45, 2.75) is 19.3 Å². The van der Waals surface area contributed by atoms with Gasteiger partial charge in [0, 0.05) is 23.0 Å². The SMILES string of the molecule is O=C(Nc1ccc(Nc2cccc(F)c2)cc1)C1CCC1. The summed E-state index contributed by atoms with van der Waals surface area (Å²) in [5, 5.41) is 6.04. The predicted molar refractivity (Wildman–Crippen MR) is 82.1 cm³/mol. The third kappa shape index (κ3) is 3.40. The van der Waals surface area contributed by atoms with E-state index in [1.165, 1.54) is 12.1 Å². The minimum Gasteiger partial charge on any atom is -0.355 e. The zero-order valence-corrected chi connectivity index (χ0v) is 11.6. The van der Waals surface area contributed by atoms with Crippen molar-refractivity contribution in [1.82, 2.24) is 0 Å². The van der Waals surface area contributed by atoms with Crippen LogP contribution in [0.4, 0.5) is 21.5 Å². The van der Waals surface area contributed by atoms with Crippen LogP contribution in [0.5, 0.6) is 0 Å². The zero-order chi connectivity index (χ0) is 14.7. The fraction of sp³-hybridized carbons (Fsp3) is 0.235. The van der Waals surface area contributed by atoms with Gasteiger partial charge < -0.3 is 10.6 Å². The van der Waals surface area contributed by atoms with Crippen LogP contribution in [0, 0.1) is 11.7 Å². The van der Waals surface area contributed by atoms with Gasteiger partial charge in [0.1, 0.15) is 5.82 Å². The van der Waals surface area contributed by atoms with Crippen LogP contribution in [0.15, 0.2) is 48.5 Å². The molecule has 0 bridgehead atoms. The van der Waals surface area contributed by atoms with Crippen molar-refractivity contribution in [2.75, 3.05) is 10.6 Å². The molecule has 1 fully saturated rings. The molecule has 1 amide bonds. The Kier molecular flexibility index (Phi) is 3.86. The molecule has 2 aromatic rings. The minimum absolute atomic E-state index is 0.104. The highest BCUT2D eigenvalue weighted by Gasteiger charge is 2.24. The molecular formula is C17H17FN2O. The molecule has 0 aromatic heterocycles. The highest BCUT2D eigenvalue weighted by molar-refractivity contribution is 5.93. The van der Waals surface area contributed by atoms with Crippen LogP contribution < -0.4 is 10.6 Å². The number of benzene rings is 2. The van der Waals surface area contributed by atoms with Crippen molar-refractivity contribution in [2.24, 2.45) is 5.92 Å². The lowest BCUT2D eigenvalue weighted by Crippen LogP contribution is -2.27. The Morgan fingerprint density at radius 3 is 2.33 bits per heavy atom. The summed E-state index contributed by atoms with van der Waals surface area (Å²) in [7, 11) is 0. The van der Waals surface area contributed by atoms with Crippen molar-refractivity contribution >= 4 is 23.0 Å². The number of halogens is 1. The maximum atomic E-state index is 13.1. The van der Waals surface area contributed by atoms with Crippen LogP contribution >= 0.6 is 0 Å². The van der Waals surface area contributed by atoms with Gasteiger partial charge in [0.05, 0.1) is 0 Å². The van der Waals surface area contributed by atoms with E-state index in [4.69, 9.17) is 0 Å². The van der Waals surface area contributed by atoms with Gasteiger partial charge in [-0.2, -0.15) is 0 Å². The molecule has 0 spiro atoms. The molecule has 0 heterocycles. The van der Waals surface area contributed by atoms with Gasteiger partial charge >= 0.3 is 0 Å². The molecule has 0 atom stereocenters. The molecular weight excluding hydrogens is 267 g/mol. The molecule has 0 unspecified atom stereocenters. The summed E-state index contributed by atoms with van der Waals surface area (Å²) < 4.78 is 13.1. The number of nitrogens with one attached hydrogen (secondary N) is 2. The molecule has 3 rings (SSSR count). The van der Waals surface area contributed by atoms with Crippen molar-refractivity contribution < 1.29 is 9.18 Å². The number of carbonyl (C=O) groups excluding carboxylic acids is 1. The Hall–Kier alpha value is -2.36. The Balaban J connectivity index is 1.62. The number of carbonyl (C=O) groups is 1. The van der Waals surface area contributed by atoms with Gasteiger partial charge in [-0.05, 0) is 55.3 Å². The maximum absolute atomic E-state index is 13.1. The highest BCUT2D eigenvalue weighted by atomic mass is 19.1. The number of amides is 1. The topological polar surface area (TPSA) is 41.1 Å². The molecule has 2 N–H and O–H groups in total.